The van der Waals surface area contributed by atoms with Crippen molar-refractivity contribution >= 4 is 16.9 Å². The van der Waals surface area contributed by atoms with Crippen LogP contribution in [0, 0.1) is 5.92 Å². The standard InChI is InChI=1S/C17H22N2O3/c1-12(11-20)19(10-13-5-4-6-13)17(21)9-15-14-7-2-3-8-16(14)22-18-15/h2-3,7-8,12-13,20H,4-6,9-11H2,1H3. The largest absolute Gasteiger partial charge is 0.394 e. The second-order valence-corrected chi connectivity index (χ2v) is 6.18. The van der Waals surface area contributed by atoms with Crippen molar-refractivity contribution in [2.45, 2.75) is 38.6 Å². The summed E-state index contributed by atoms with van der Waals surface area (Å²) >= 11 is 0. The van der Waals surface area contributed by atoms with Crippen LogP contribution in [0.15, 0.2) is 28.8 Å². The van der Waals surface area contributed by atoms with Gasteiger partial charge in [-0.05, 0) is 37.8 Å². The second-order valence-electron chi connectivity index (χ2n) is 6.18. The molecule has 1 aliphatic carbocycles. The summed E-state index contributed by atoms with van der Waals surface area (Å²) in [5.41, 5.74) is 1.37. The summed E-state index contributed by atoms with van der Waals surface area (Å²) in [5.74, 6) is 0.583. The van der Waals surface area contributed by atoms with Crippen LogP contribution < -0.4 is 0 Å². The summed E-state index contributed by atoms with van der Waals surface area (Å²) in [5, 5.41) is 14.3. The third-order valence-corrected chi connectivity index (χ3v) is 4.57. The molecule has 1 atom stereocenters. The molecule has 1 heterocycles. The number of carbonyl (C=O) groups is 1. The zero-order valence-corrected chi connectivity index (χ0v) is 12.9. The predicted molar refractivity (Wildman–Crippen MR) is 83.3 cm³/mol. The number of aromatic nitrogens is 1. The van der Waals surface area contributed by atoms with Gasteiger partial charge in [0, 0.05) is 11.9 Å². The van der Waals surface area contributed by atoms with Gasteiger partial charge in [-0.2, -0.15) is 0 Å². The molecule has 1 aromatic carbocycles. The molecule has 3 rings (SSSR count). The van der Waals surface area contributed by atoms with Gasteiger partial charge in [-0.25, -0.2) is 0 Å². The van der Waals surface area contributed by atoms with Crippen LogP contribution in [0.1, 0.15) is 31.9 Å². The first-order chi connectivity index (χ1) is 10.7. The van der Waals surface area contributed by atoms with Crippen LogP contribution in [0.5, 0.6) is 0 Å². The Bertz CT molecular complexity index is 648. The number of amides is 1. The topological polar surface area (TPSA) is 66.6 Å². The zero-order chi connectivity index (χ0) is 15.5. The molecule has 5 nitrogen and oxygen atoms in total. The molecule has 22 heavy (non-hydrogen) atoms. The summed E-state index contributed by atoms with van der Waals surface area (Å²) in [6.07, 6.45) is 3.81. The number of rotatable bonds is 6. The molecule has 118 valence electrons. The molecule has 1 unspecified atom stereocenters. The molecule has 5 heteroatoms. The minimum Gasteiger partial charge on any atom is -0.394 e. The van der Waals surface area contributed by atoms with E-state index in [9.17, 15) is 9.90 Å². The lowest BCUT2D eigenvalue weighted by molar-refractivity contribution is -0.134. The Kier molecular flexibility index (Phi) is 4.43. The Labute approximate surface area is 129 Å². The van der Waals surface area contributed by atoms with Crippen molar-refractivity contribution in [3.63, 3.8) is 0 Å². The Balaban J connectivity index is 1.74. The maximum absolute atomic E-state index is 12.7. The molecule has 1 saturated carbocycles. The molecule has 1 aromatic heterocycles. The maximum Gasteiger partial charge on any atom is 0.229 e. The smallest absolute Gasteiger partial charge is 0.229 e. The summed E-state index contributed by atoms with van der Waals surface area (Å²) in [6, 6.07) is 7.40. The Morgan fingerprint density at radius 2 is 2.23 bits per heavy atom. The van der Waals surface area contributed by atoms with E-state index in [4.69, 9.17) is 4.52 Å². The molecule has 2 aromatic rings. The fourth-order valence-corrected chi connectivity index (χ4v) is 2.89. The van der Waals surface area contributed by atoms with Crippen molar-refractivity contribution in [1.82, 2.24) is 10.1 Å². The van der Waals surface area contributed by atoms with Gasteiger partial charge in [0.05, 0.1) is 19.1 Å². The van der Waals surface area contributed by atoms with Gasteiger partial charge in [-0.3, -0.25) is 4.79 Å². The number of carbonyl (C=O) groups excluding carboxylic acids is 1. The molecule has 0 aliphatic heterocycles. The molecule has 0 saturated heterocycles. The van der Waals surface area contributed by atoms with Gasteiger partial charge < -0.3 is 14.5 Å². The maximum atomic E-state index is 12.7. The SMILES string of the molecule is CC(CO)N(CC1CCC1)C(=O)Cc1noc2ccccc12. The van der Waals surface area contributed by atoms with E-state index in [1.807, 2.05) is 31.2 Å². The molecule has 1 N–H and O–H groups in total. The van der Waals surface area contributed by atoms with Gasteiger partial charge in [0.1, 0.15) is 5.69 Å². The number of para-hydroxylation sites is 1. The van der Waals surface area contributed by atoms with E-state index in [0.29, 0.717) is 17.2 Å². The van der Waals surface area contributed by atoms with E-state index in [2.05, 4.69) is 5.16 Å². The second kappa shape index (κ2) is 6.48. The fourth-order valence-electron chi connectivity index (χ4n) is 2.89. The fraction of sp³-hybridized carbons (Fsp3) is 0.529. The van der Waals surface area contributed by atoms with Crippen molar-refractivity contribution in [1.29, 1.82) is 0 Å². The number of nitrogens with zero attached hydrogens (tertiary/aromatic N) is 2. The molecular weight excluding hydrogens is 280 g/mol. The van der Waals surface area contributed by atoms with E-state index < -0.39 is 0 Å². The Morgan fingerprint density at radius 3 is 2.91 bits per heavy atom. The predicted octanol–water partition coefficient (Wildman–Crippen LogP) is 2.38. The normalized spacial score (nSPS) is 16.5. The van der Waals surface area contributed by atoms with Crippen molar-refractivity contribution in [3.8, 4) is 0 Å². The van der Waals surface area contributed by atoms with E-state index in [1.54, 1.807) is 4.90 Å². The van der Waals surface area contributed by atoms with Crippen LogP contribution >= 0.6 is 0 Å². The molecule has 1 aliphatic rings. The molecule has 1 amide bonds. The highest BCUT2D eigenvalue weighted by molar-refractivity contribution is 5.86. The van der Waals surface area contributed by atoms with E-state index >= 15 is 0 Å². The van der Waals surface area contributed by atoms with Crippen LogP contribution in [0.2, 0.25) is 0 Å². The van der Waals surface area contributed by atoms with Crippen LogP contribution in [-0.4, -0.2) is 40.3 Å². The summed E-state index contributed by atoms with van der Waals surface area (Å²) in [7, 11) is 0. The summed E-state index contributed by atoms with van der Waals surface area (Å²) in [4.78, 5) is 14.5. The number of aliphatic hydroxyl groups is 1. The van der Waals surface area contributed by atoms with Gasteiger partial charge in [-0.1, -0.05) is 23.7 Å². The van der Waals surface area contributed by atoms with Gasteiger partial charge in [0.25, 0.3) is 0 Å². The third kappa shape index (κ3) is 2.99. The van der Waals surface area contributed by atoms with Crippen LogP contribution in [0.25, 0.3) is 11.0 Å². The van der Waals surface area contributed by atoms with Crippen molar-refractivity contribution in [3.05, 3.63) is 30.0 Å². The van der Waals surface area contributed by atoms with Gasteiger partial charge in [-0.15, -0.1) is 0 Å². The molecule has 1 fully saturated rings. The first-order valence-electron chi connectivity index (χ1n) is 7.92. The lowest BCUT2D eigenvalue weighted by Crippen LogP contribution is -2.45. The van der Waals surface area contributed by atoms with Crippen LogP contribution in [0.3, 0.4) is 0 Å². The molecule has 0 bridgehead atoms. The van der Waals surface area contributed by atoms with Gasteiger partial charge in [0.2, 0.25) is 5.91 Å². The minimum atomic E-state index is -0.161. The van der Waals surface area contributed by atoms with Crippen molar-refractivity contribution < 1.29 is 14.4 Å². The van der Waals surface area contributed by atoms with Crippen molar-refractivity contribution in [2.75, 3.05) is 13.2 Å². The van der Waals surface area contributed by atoms with E-state index in [0.717, 1.165) is 11.9 Å². The zero-order valence-electron chi connectivity index (χ0n) is 12.9. The van der Waals surface area contributed by atoms with Crippen LogP contribution in [-0.2, 0) is 11.2 Å². The summed E-state index contributed by atoms with van der Waals surface area (Å²) in [6.45, 7) is 2.60. The Hall–Kier alpha value is -1.88. The number of fused-ring (bicyclic) bond motifs is 1. The first kappa shape index (κ1) is 15.0. The average molecular weight is 302 g/mol. The van der Waals surface area contributed by atoms with Gasteiger partial charge >= 0.3 is 0 Å². The minimum absolute atomic E-state index is 0.00695. The van der Waals surface area contributed by atoms with Gasteiger partial charge in [0.15, 0.2) is 5.58 Å². The van der Waals surface area contributed by atoms with Crippen LogP contribution in [0.4, 0.5) is 0 Å². The lowest BCUT2D eigenvalue weighted by atomic mass is 9.85. The lowest BCUT2D eigenvalue weighted by Gasteiger charge is -2.35. The highest BCUT2D eigenvalue weighted by atomic mass is 16.5. The number of aliphatic hydroxyl groups excluding tert-OH is 1. The quantitative estimate of drug-likeness (QED) is 0.889. The number of hydrogen-bond donors (Lipinski definition) is 1. The number of benzene rings is 1. The molecule has 0 spiro atoms. The van der Waals surface area contributed by atoms with E-state index in [1.165, 1.54) is 19.3 Å². The Morgan fingerprint density at radius 1 is 1.45 bits per heavy atom. The first-order valence-corrected chi connectivity index (χ1v) is 7.92. The highest BCUT2D eigenvalue weighted by Gasteiger charge is 2.27. The van der Waals surface area contributed by atoms with E-state index in [-0.39, 0.29) is 25.0 Å². The number of hydrogen-bond acceptors (Lipinski definition) is 4. The van der Waals surface area contributed by atoms with Crippen molar-refractivity contribution in [2.24, 2.45) is 5.92 Å². The molecule has 0 radical (unpaired) electrons. The average Bonchev–Trinajstić information content (AvgIpc) is 2.89. The highest BCUT2D eigenvalue weighted by Crippen LogP contribution is 2.28. The monoisotopic (exact) mass is 302 g/mol. The summed E-state index contributed by atoms with van der Waals surface area (Å²) < 4.78 is 5.26. The third-order valence-electron chi connectivity index (χ3n) is 4.57. The molecular formula is C17H22N2O3.